The quantitative estimate of drug-likeness (QED) is 0.822. The van der Waals surface area contributed by atoms with Gasteiger partial charge in [-0.3, -0.25) is 0 Å². The predicted molar refractivity (Wildman–Crippen MR) is 82.0 cm³/mol. The first-order chi connectivity index (χ1) is 9.60. The number of nitrogens with zero attached hydrogens (tertiary/aromatic N) is 1. The molecule has 0 heterocycles. The summed E-state index contributed by atoms with van der Waals surface area (Å²) in [7, 11) is 0. The predicted octanol–water partition coefficient (Wildman–Crippen LogP) is 4.62. The molecule has 1 aromatic carbocycles. The van der Waals surface area contributed by atoms with Crippen molar-refractivity contribution in [2.24, 2.45) is 0 Å². The van der Waals surface area contributed by atoms with Crippen molar-refractivity contribution in [2.75, 3.05) is 11.4 Å². The Morgan fingerprint density at radius 1 is 1.19 bits per heavy atom. The monoisotopic (exact) mass is 322 g/mol. The third kappa shape index (κ3) is 6.14. The van der Waals surface area contributed by atoms with E-state index in [0.29, 0.717) is 23.3 Å². The lowest BCUT2D eigenvalue weighted by molar-refractivity contribution is -0.120. The van der Waals surface area contributed by atoms with E-state index in [4.69, 9.17) is 11.6 Å². The Kier molecular flexibility index (Phi) is 6.35. The van der Waals surface area contributed by atoms with Gasteiger partial charge in [-0.15, -0.1) is 0 Å². The number of hydrogen-bond acceptors (Lipinski definition) is 2. The SMILES string of the molecule is CC(C)NCc1ccc(N(CC(F)(F)F)C(C)C)c(Cl)c1. The van der Waals surface area contributed by atoms with Gasteiger partial charge in [0.1, 0.15) is 6.54 Å². The Balaban J connectivity index is 2.95. The van der Waals surface area contributed by atoms with Gasteiger partial charge in [-0.1, -0.05) is 31.5 Å². The molecule has 0 saturated carbocycles. The maximum atomic E-state index is 12.7. The molecule has 0 saturated heterocycles. The maximum Gasteiger partial charge on any atom is 0.405 e. The van der Waals surface area contributed by atoms with Crippen molar-refractivity contribution >= 4 is 17.3 Å². The van der Waals surface area contributed by atoms with Gasteiger partial charge in [0.15, 0.2) is 0 Å². The molecule has 1 aromatic rings. The summed E-state index contributed by atoms with van der Waals surface area (Å²) in [5.41, 5.74) is 1.37. The lowest BCUT2D eigenvalue weighted by Crippen LogP contribution is -2.39. The molecule has 1 rings (SSSR count). The molecule has 0 aliphatic rings. The molecular formula is C15H22ClF3N2. The van der Waals surface area contributed by atoms with Crippen molar-refractivity contribution < 1.29 is 13.2 Å². The number of halogens is 4. The van der Waals surface area contributed by atoms with Crippen LogP contribution in [0.2, 0.25) is 5.02 Å². The van der Waals surface area contributed by atoms with E-state index in [1.807, 2.05) is 19.9 Å². The van der Waals surface area contributed by atoms with E-state index in [9.17, 15) is 13.2 Å². The van der Waals surface area contributed by atoms with Gasteiger partial charge < -0.3 is 10.2 Å². The van der Waals surface area contributed by atoms with Crippen molar-refractivity contribution in [3.63, 3.8) is 0 Å². The van der Waals surface area contributed by atoms with Crippen molar-refractivity contribution in [2.45, 2.75) is 52.5 Å². The van der Waals surface area contributed by atoms with E-state index in [1.54, 1.807) is 26.0 Å². The number of anilines is 1. The second-order valence-corrected chi connectivity index (χ2v) is 6.07. The Hall–Kier alpha value is -0.940. The molecule has 0 atom stereocenters. The molecule has 0 fully saturated rings. The van der Waals surface area contributed by atoms with Crippen LogP contribution in [0.3, 0.4) is 0 Å². The second kappa shape index (κ2) is 7.36. The van der Waals surface area contributed by atoms with E-state index in [2.05, 4.69) is 5.32 Å². The van der Waals surface area contributed by atoms with Gasteiger partial charge in [0.25, 0.3) is 0 Å². The van der Waals surface area contributed by atoms with Gasteiger partial charge in [0.2, 0.25) is 0 Å². The smallest absolute Gasteiger partial charge is 0.359 e. The fourth-order valence-corrected chi connectivity index (χ4v) is 2.27. The highest BCUT2D eigenvalue weighted by Crippen LogP contribution is 2.31. The molecule has 0 aliphatic carbocycles. The van der Waals surface area contributed by atoms with E-state index < -0.39 is 12.7 Å². The molecule has 6 heteroatoms. The van der Waals surface area contributed by atoms with Gasteiger partial charge in [0.05, 0.1) is 10.7 Å². The normalized spacial score (nSPS) is 12.3. The maximum absolute atomic E-state index is 12.7. The lowest BCUT2D eigenvalue weighted by atomic mass is 10.1. The molecule has 0 spiro atoms. The molecule has 0 unspecified atom stereocenters. The van der Waals surface area contributed by atoms with Crippen molar-refractivity contribution in [3.05, 3.63) is 28.8 Å². The minimum Gasteiger partial charge on any atom is -0.359 e. The van der Waals surface area contributed by atoms with Crippen LogP contribution in [-0.2, 0) is 6.54 Å². The molecular weight excluding hydrogens is 301 g/mol. The minimum absolute atomic E-state index is 0.288. The lowest BCUT2D eigenvalue weighted by Gasteiger charge is -2.30. The van der Waals surface area contributed by atoms with Crippen LogP contribution in [0.1, 0.15) is 33.3 Å². The highest BCUT2D eigenvalue weighted by atomic mass is 35.5. The zero-order chi connectivity index (χ0) is 16.2. The molecule has 0 aliphatic heterocycles. The van der Waals surface area contributed by atoms with Gasteiger partial charge in [-0.2, -0.15) is 13.2 Å². The van der Waals surface area contributed by atoms with E-state index in [0.717, 1.165) is 5.56 Å². The summed E-state index contributed by atoms with van der Waals surface area (Å²) in [6.07, 6.45) is -4.26. The van der Waals surface area contributed by atoms with Crippen molar-refractivity contribution in [1.82, 2.24) is 5.32 Å². The molecule has 0 amide bonds. The first kappa shape index (κ1) is 18.1. The summed E-state index contributed by atoms with van der Waals surface area (Å²) in [5, 5.41) is 3.59. The van der Waals surface area contributed by atoms with Crippen molar-refractivity contribution in [1.29, 1.82) is 0 Å². The first-order valence-corrected chi connectivity index (χ1v) is 7.33. The fraction of sp³-hybridized carbons (Fsp3) is 0.600. The Morgan fingerprint density at radius 2 is 1.81 bits per heavy atom. The number of nitrogens with one attached hydrogen (secondary N) is 1. The summed E-state index contributed by atoms with van der Waals surface area (Å²) in [6, 6.07) is 5.23. The molecule has 0 bridgehead atoms. The van der Waals surface area contributed by atoms with Crippen LogP contribution in [0.4, 0.5) is 18.9 Å². The topological polar surface area (TPSA) is 15.3 Å². The Bertz CT molecular complexity index is 459. The van der Waals surface area contributed by atoms with Gasteiger partial charge in [-0.05, 0) is 31.5 Å². The third-order valence-electron chi connectivity index (χ3n) is 3.01. The summed E-state index contributed by atoms with van der Waals surface area (Å²) < 4.78 is 38.0. The summed E-state index contributed by atoms with van der Waals surface area (Å²) in [4.78, 5) is 1.27. The van der Waals surface area contributed by atoms with Crippen LogP contribution >= 0.6 is 11.6 Å². The fourth-order valence-electron chi connectivity index (χ4n) is 1.95. The number of rotatable bonds is 6. The molecule has 0 aromatic heterocycles. The molecule has 120 valence electrons. The Labute approximate surface area is 129 Å². The van der Waals surface area contributed by atoms with Crippen LogP contribution in [0.25, 0.3) is 0 Å². The average Bonchev–Trinajstić information content (AvgIpc) is 2.32. The zero-order valence-corrected chi connectivity index (χ0v) is 13.5. The highest BCUT2D eigenvalue weighted by molar-refractivity contribution is 6.33. The zero-order valence-electron chi connectivity index (χ0n) is 12.8. The van der Waals surface area contributed by atoms with Gasteiger partial charge in [0, 0.05) is 18.6 Å². The molecule has 21 heavy (non-hydrogen) atoms. The standard InChI is InChI=1S/C15H22ClF3N2/c1-10(2)20-8-12-5-6-14(13(16)7-12)21(11(3)4)9-15(17,18)19/h5-7,10-11,20H,8-9H2,1-4H3. The molecule has 0 radical (unpaired) electrons. The first-order valence-electron chi connectivity index (χ1n) is 6.95. The second-order valence-electron chi connectivity index (χ2n) is 5.66. The van der Waals surface area contributed by atoms with E-state index in [1.165, 1.54) is 4.90 Å². The highest BCUT2D eigenvalue weighted by Gasteiger charge is 2.32. The molecule has 1 N–H and O–H groups in total. The largest absolute Gasteiger partial charge is 0.405 e. The average molecular weight is 323 g/mol. The number of hydrogen-bond donors (Lipinski definition) is 1. The van der Waals surface area contributed by atoms with Crippen LogP contribution in [0.5, 0.6) is 0 Å². The van der Waals surface area contributed by atoms with Crippen LogP contribution in [0.15, 0.2) is 18.2 Å². The van der Waals surface area contributed by atoms with Crippen molar-refractivity contribution in [3.8, 4) is 0 Å². The summed E-state index contributed by atoms with van der Waals surface area (Å²) in [6.45, 7) is 7.12. The van der Waals surface area contributed by atoms with Gasteiger partial charge in [-0.25, -0.2) is 0 Å². The Morgan fingerprint density at radius 3 is 2.24 bits per heavy atom. The van der Waals surface area contributed by atoms with Crippen LogP contribution < -0.4 is 10.2 Å². The van der Waals surface area contributed by atoms with E-state index >= 15 is 0 Å². The molecule has 2 nitrogen and oxygen atoms in total. The summed E-state index contributed by atoms with van der Waals surface area (Å²) in [5.74, 6) is 0. The van der Waals surface area contributed by atoms with Crippen LogP contribution in [-0.4, -0.2) is 24.8 Å². The summed E-state index contributed by atoms with van der Waals surface area (Å²) >= 11 is 6.18. The number of benzene rings is 1. The number of alkyl halides is 3. The van der Waals surface area contributed by atoms with E-state index in [-0.39, 0.29) is 6.04 Å². The van der Waals surface area contributed by atoms with Gasteiger partial charge >= 0.3 is 6.18 Å². The minimum atomic E-state index is -4.26. The van der Waals surface area contributed by atoms with Crippen LogP contribution in [0, 0.1) is 0 Å². The third-order valence-corrected chi connectivity index (χ3v) is 3.31.